The summed E-state index contributed by atoms with van der Waals surface area (Å²) in [6.45, 7) is 5.97. The normalized spacial score (nSPS) is 11.6. The van der Waals surface area contributed by atoms with E-state index in [1.807, 2.05) is 26.8 Å². The Balaban J connectivity index is 2.59. The monoisotopic (exact) mass is 474 g/mol. The van der Waals surface area contributed by atoms with Crippen LogP contribution in [0.3, 0.4) is 0 Å². The Kier molecular flexibility index (Phi) is 9.04. The number of sulfonamides is 1. The minimum absolute atomic E-state index is 0.00857. The summed E-state index contributed by atoms with van der Waals surface area (Å²) in [6, 6.07) is 10.1. The molecule has 2 rings (SSSR count). The van der Waals surface area contributed by atoms with E-state index in [4.69, 9.17) is 9.47 Å². The third-order valence-electron chi connectivity index (χ3n) is 4.95. The van der Waals surface area contributed by atoms with Gasteiger partial charge < -0.3 is 9.47 Å². The van der Waals surface area contributed by atoms with E-state index in [0.29, 0.717) is 11.5 Å². The summed E-state index contributed by atoms with van der Waals surface area (Å²) >= 11 is 0. The standard InChI is InChI=1S/C24H30N2O6S/c1-18(2)9-8-10-19(3)13-14-25(20-15-21(31-4)17-22(16-20)32-5)33(29,30)24-12-7-6-11-23(24)26(27)28/h6-7,9,11-13,15-17H,8,10,14H2,1-5H3/b19-13+. The summed E-state index contributed by atoms with van der Waals surface area (Å²) in [5, 5.41) is 11.5. The predicted molar refractivity (Wildman–Crippen MR) is 130 cm³/mol. The number of nitrogens with zero attached hydrogens (tertiary/aromatic N) is 2. The van der Waals surface area contributed by atoms with Crippen molar-refractivity contribution >= 4 is 21.4 Å². The minimum atomic E-state index is -4.29. The van der Waals surface area contributed by atoms with Gasteiger partial charge in [0.25, 0.3) is 15.7 Å². The number of hydrogen-bond acceptors (Lipinski definition) is 6. The first-order valence-corrected chi connectivity index (χ1v) is 11.8. The number of ether oxygens (including phenoxy) is 2. The highest BCUT2D eigenvalue weighted by Crippen LogP contribution is 2.34. The first kappa shape index (κ1) is 25.9. The van der Waals surface area contributed by atoms with E-state index in [-0.39, 0.29) is 17.1 Å². The minimum Gasteiger partial charge on any atom is -0.497 e. The summed E-state index contributed by atoms with van der Waals surface area (Å²) in [5.41, 5.74) is 2.01. The van der Waals surface area contributed by atoms with Crippen molar-refractivity contribution in [2.75, 3.05) is 25.1 Å². The van der Waals surface area contributed by atoms with Crippen LogP contribution in [0.25, 0.3) is 0 Å². The van der Waals surface area contributed by atoms with Crippen molar-refractivity contribution in [2.24, 2.45) is 0 Å². The van der Waals surface area contributed by atoms with E-state index in [2.05, 4.69) is 6.08 Å². The second kappa shape index (κ2) is 11.5. The number of nitro groups is 1. The van der Waals surface area contributed by atoms with Crippen LogP contribution < -0.4 is 13.8 Å². The predicted octanol–water partition coefficient (Wildman–Crippen LogP) is 5.50. The summed E-state index contributed by atoms with van der Waals surface area (Å²) in [7, 11) is -1.36. The number of allylic oxidation sites excluding steroid dienone is 3. The molecule has 33 heavy (non-hydrogen) atoms. The highest BCUT2D eigenvalue weighted by atomic mass is 32.2. The van der Waals surface area contributed by atoms with Crippen LogP contribution in [0.2, 0.25) is 0 Å². The summed E-state index contributed by atoms with van der Waals surface area (Å²) < 4.78 is 39.1. The van der Waals surface area contributed by atoms with E-state index < -0.39 is 20.6 Å². The molecule has 0 fully saturated rings. The highest BCUT2D eigenvalue weighted by Gasteiger charge is 2.31. The van der Waals surface area contributed by atoms with Crippen LogP contribution in [-0.4, -0.2) is 34.1 Å². The Bertz CT molecular complexity index is 1130. The molecule has 0 aliphatic carbocycles. The van der Waals surface area contributed by atoms with Crippen molar-refractivity contribution in [3.05, 3.63) is 75.9 Å². The molecule has 0 heterocycles. The van der Waals surface area contributed by atoms with Gasteiger partial charge in [-0.05, 0) is 39.7 Å². The second-order valence-electron chi connectivity index (χ2n) is 7.70. The zero-order valence-corrected chi connectivity index (χ0v) is 20.4. The second-order valence-corrected chi connectivity index (χ2v) is 9.53. The first-order valence-electron chi connectivity index (χ1n) is 10.4. The molecule has 0 aliphatic rings. The van der Waals surface area contributed by atoms with Crippen molar-refractivity contribution in [3.8, 4) is 11.5 Å². The lowest BCUT2D eigenvalue weighted by molar-refractivity contribution is -0.387. The molecule has 9 heteroatoms. The van der Waals surface area contributed by atoms with Gasteiger partial charge in [-0.15, -0.1) is 0 Å². The molecule has 8 nitrogen and oxygen atoms in total. The molecule has 0 amide bonds. The van der Waals surface area contributed by atoms with Crippen LogP contribution >= 0.6 is 0 Å². The third-order valence-corrected chi connectivity index (χ3v) is 6.79. The van der Waals surface area contributed by atoms with Crippen LogP contribution in [-0.2, 0) is 10.0 Å². The number of anilines is 1. The van der Waals surface area contributed by atoms with Gasteiger partial charge in [-0.3, -0.25) is 14.4 Å². The molecule has 0 bridgehead atoms. The van der Waals surface area contributed by atoms with E-state index in [0.717, 1.165) is 22.7 Å². The van der Waals surface area contributed by atoms with Gasteiger partial charge in [0, 0.05) is 24.3 Å². The SMILES string of the molecule is COc1cc(OC)cc(N(C/C=C(\C)CCC=C(C)C)S(=O)(=O)c2ccccc2[N+](=O)[O-])c1. The van der Waals surface area contributed by atoms with Crippen LogP contribution in [0.5, 0.6) is 11.5 Å². The van der Waals surface area contributed by atoms with Crippen molar-refractivity contribution in [1.82, 2.24) is 0 Å². The fraction of sp³-hybridized carbons (Fsp3) is 0.333. The number of rotatable bonds is 11. The number of methoxy groups -OCH3 is 2. The van der Waals surface area contributed by atoms with Gasteiger partial charge in [-0.1, -0.05) is 35.4 Å². The average molecular weight is 475 g/mol. The van der Waals surface area contributed by atoms with Gasteiger partial charge >= 0.3 is 0 Å². The fourth-order valence-electron chi connectivity index (χ4n) is 3.15. The van der Waals surface area contributed by atoms with Gasteiger partial charge in [-0.25, -0.2) is 8.42 Å². The van der Waals surface area contributed by atoms with Crippen molar-refractivity contribution in [1.29, 1.82) is 0 Å². The molecular formula is C24H30N2O6S. The molecule has 0 aliphatic heterocycles. The Labute approximate surface area is 195 Å². The lowest BCUT2D eigenvalue weighted by Gasteiger charge is -2.24. The highest BCUT2D eigenvalue weighted by molar-refractivity contribution is 7.93. The lowest BCUT2D eigenvalue weighted by Crippen LogP contribution is -2.32. The Morgan fingerprint density at radius 1 is 1.03 bits per heavy atom. The molecule has 0 radical (unpaired) electrons. The average Bonchev–Trinajstić information content (AvgIpc) is 2.78. The van der Waals surface area contributed by atoms with Crippen molar-refractivity contribution in [2.45, 2.75) is 38.5 Å². The fourth-order valence-corrected chi connectivity index (χ4v) is 4.70. The Morgan fingerprint density at radius 3 is 2.18 bits per heavy atom. The molecule has 0 aromatic heterocycles. The van der Waals surface area contributed by atoms with E-state index >= 15 is 0 Å². The van der Waals surface area contributed by atoms with E-state index in [9.17, 15) is 18.5 Å². The van der Waals surface area contributed by atoms with Crippen LogP contribution in [0.1, 0.15) is 33.6 Å². The molecular weight excluding hydrogens is 444 g/mol. The van der Waals surface area contributed by atoms with Gasteiger partial charge in [0.15, 0.2) is 4.90 Å². The van der Waals surface area contributed by atoms with Gasteiger partial charge in [0.05, 0.1) is 31.4 Å². The summed E-state index contributed by atoms with van der Waals surface area (Å²) in [6.07, 6.45) is 5.55. The molecule has 0 saturated carbocycles. The molecule has 0 N–H and O–H groups in total. The molecule has 2 aromatic carbocycles. The lowest BCUT2D eigenvalue weighted by atomic mass is 10.1. The Morgan fingerprint density at radius 2 is 1.64 bits per heavy atom. The number of hydrogen-bond donors (Lipinski definition) is 0. The van der Waals surface area contributed by atoms with Crippen molar-refractivity contribution < 1.29 is 22.8 Å². The summed E-state index contributed by atoms with van der Waals surface area (Å²) in [5.74, 6) is 0.799. The zero-order chi connectivity index (χ0) is 24.6. The van der Waals surface area contributed by atoms with Gasteiger partial charge in [0.1, 0.15) is 11.5 Å². The maximum Gasteiger partial charge on any atom is 0.289 e. The largest absolute Gasteiger partial charge is 0.497 e. The molecule has 178 valence electrons. The number of nitro benzene ring substituents is 1. The number of benzene rings is 2. The topological polar surface area (TPSA) is 99.0 Å². The number of para-hydroxylation sites is 1. The van der Waals surface area contributed by atoms with E-state index in [1.165, 1.54) is 44.1 Å². The van der Waals surface area contributed by atoms with Crippen LogP contribution in [0.15, 0.2) is 70.7 Å². The summed E-state index contributed by atoms with van der Waals surface area (Å²) in [4.78, 5) is 10.5. The Hall–Kier alpha value is -3.33. The van der Waals surface area contributed by atoms with Gasteiger partial charge in [0.2, 0.25) is 0 Å². The zero-order valence-electron chi connectivity index (χ0n) is 19.6. The molecule has 0 unspecified atom stereocenters. The van der Waals surface area contributed by atoms with Gasteiger partial charge in [-0.2, -0.15) is 0 Å². The molecule has 2 aromatic rings. The smallest absolute Gasteiger partial charge is 0.289 e. The quantitative estimate of drug-likeness (QED) is 0.242. The van der Waals surface area contributed by atoms with Crippen molar-refractivity contribution in [3.63, 3.8) is 0 Å². The molecule has 0 atom stereocenters. The third kappa shape index (κ3) is 6.82. The molecule has 0 saturated heterocycles. The maximum absolute atomic E-state index is 13.7. The van der Waals surface area contributed by atoms with Crippen LogP contribution in [0.4, 0.5) is 11.4 Å². The van der Waals surface area contributed by atoms with E-state index in [1.54, 1.807) is 18.2 Å². The molecule has 0 spiro atoms. The first-order chi connectivity index (χ1) is 15.6. The maximum atomic E-state index is 13.7. The van der Waals surface area contributed by atoms with Crippen LogP contribution in [0, 0.1) is 10.1 Å².